The number of phenols is 1. The maximum absolute atomic E-state index is 11.1. The van der Waals surface area contributed by atoms with Crippen LogP contribution in [0.1, 0.15) is 38.1 Å². The predicted molar refractivity (Wildman–Crippen MR) is 74.4 cm³/mol. The molecule has 0 aliphatic heterocycles. The standard InChI is InChI=1S/C15H17N3O2/c1-10(19)2-9-14-16-17-15(18(14)12-5-6-12)11-3-7-13(20)8-4-11/h3-4,7-8,12,20H,2,5-6,9H2,1H3. The number of benzene rings is 1. The van der Waals surface area contributed by atoms with Crippen molar-refractivity contribution < 1.29 is 9.90 Å². The zero-order valence-corrected chi connectivity index (χ0v) is 11.4. The van der Waals surface area contributed by atoms with Crippen LogP contribution >= 0.6 is 0 Å². The molecule has 0 radical (unpaired) electrons. The highest BCUT2D eigenvalue weighted by molar-refractivity contribution is 5.75. The van der Waals surface area contributed by atoms with Crippen molar-refractivity contribution in [2.45, 2.75) is 38.6 Å². The minimum absolute atomic E-state index is 0.168. The molecule has 0 bridgehead atoms. The first kappa shape index (κ1) is 12.8. The van der Waals surface area contributed by atoms with Crippen molar-refractivity contribution in [3.63, 3.8) is 0 Å². The molecule has 5 nitrogen and oxygen atoms in total. The zero-order chi connectivity index (χ0) is 14.1. The summed E-state index contributed by atoms with van der Waals surface area (Å²) in [6.07, 6.45) is 3.41. The lowest BCUT2D eigenvalue weighted by molar-refractivity contribution is -0.117. The van der Waals surface area contributed by atoms with Crippen LogP contribution in [-0.2, 0) is 11.2 Å². The van der Waals surface area contributed by atoms with Crippen LogP contribution in [0.3, 0.4) is 0 Å². The van der Waals surface area contributed by atoms with E-state index in [1.165, 1.54) is 0 Å². The molecule has 1 saturated carbocycles. The molecular weight excluding hydrogens is 254 g/mol. The Morgan fingerprint density at radius 3 is 2.60 bits per heavy atom. The molecule has 3 rings (SSSR count). The fraction of sp³-hybridized carbons (Fsp3) is 0.400. The van der Waals surface area contributed by atoms with Gasteiger partial charge >= 0.3 is 0 Å². The van der Waals surface area contributed by atoms with Gasteiger partial charge in [-0.15, -0.1) is 10.2 Å². The smallest absolute Gasteiger partial charge is 0.164 e. The number of nitrogens with zero attached hydrogens (tertiary/aromatic N) is 3. The molecule has 1 aromatic carbocycles. The third kappa shape index (κ3) is 2.57. The molecule has 2 aromatic rings. The summed E-state index contributed by atoms with van der Waals surface area (Å²) in [6.45, 7) is 1.60. The van der Waals surface area contributed by atoms with E-state index in [2.05, 4.69) is 14.8 Å². The molecule has 1 aliphatic carbocycles. The molecule has 20 heavy (non-hydrogen) atoms. The number of hydrogen-bond acceptors (Lipinski definition) is 4. The Morgan fingerprint density at radius 1 is 1.30 bits per heavy atom. The van der Waals surface area contributed by atoms with E-state index in [-0.39, 0.29) is 11.5 Å². The number of carbonyl (C=O) groups excluding carboxylic acids is 1. The van der Waals surface area contributed by atoms with Crippen molar-refractivity contribution in [3.05, 3.63) is 30.1 Å². The minimum Gasteiger partial charge on any atom is -0.508 e. The highest BCUT2D eigenvalue weighted by Crippen LogP contribution is 2.39. The van der Waals surface area contributed by atoms with E-state index in [4.69, 9.17) is 0 Å². The van der Waals surface area contributed by atoms with Crippen molar-refractivity contribution in [1.29, 1.82) is 0 Å². The summed E-state index contributed by atoms with van der Waals surface area (Å²) >= 11 is 0. The van der Waals surface area contributed by atoms with E-state index in [9.17, 15) is 9.90 Å². The number of rotatable bonds is 5. The Morgan fingerprint density at radius 2 is 2.00 bits per heavy atom. The summed E-state index contributed by atoms with van der Waals surface area (Å²) in [5.74, 6) is 2.11. The van der Waals surface area contributed by atoms with Crippen LogP contribution in [0.4, 0.5) is 0 Å². The minimum atomic E-state index is 0.168. The third-order valence-corrected chi connectivity index (χ3v) is 3.50. The Kier molecular flexibility index (Phi) is 3.26. The molecule has 0 atom stereocenters. The normalized spacial score (nSPS) is 14.4. The molecule has 104 valence electrons. The topological polar surface area (TPSA) is 68.0 Å². The fourth-order valence-corrected chi connectivity index (χ4v) is 2.31. The zero-order valence-electron chi connectivity index (χ0n) is 11.4. The number of phenolic OH excluding ortho intramolecular Hbond substituents is 1. The summed E-state index contributed by atoms with van der Waals surface area (Å²) < 4.78 is 2.15. The predicted octanol–water partition coefficient (Wildman–Crippen LogP) is 2.51. The van der Waals surface area contributed by atoms with E-state index in [0.717, 1.165) is 30.1 Å². The first-order chi connectivity index (χ1) is 9.65. The number of aromatic hydroxyl groups is 1. The second kappa shape index (κ2) is 5.07. The molecule has 1 aliphatic rings. The van der Waals surface area contributed by atoms with Gasteiger partial charge in [0, 0.05) is 24.4 Å². The van der Waals surface area contributed by atoms with Crippen LogP contribution in [0.2, 0.25) is 0 Å². The van der Waals surface area contributed by atoms with Gasteiger partial charge < -0.3 is 14.5 Å². The van der Waals surface area contributed by atoms with Crippen LogP contribution in [0.15, 0.2) is 24.3 Å². The molecule has 0 unspecified atom stereocenters. The number of Topliss-reactive ketones (excluding diaryl/α,β-unsaturated/α-hetero) is 1. The van der Waals surface area contributed by atoms with Gasteiger partial charge in [-0.2, -0.15) is 0 Å². The second-order valence-electron chi connectivity index (χ2n) is 5.29. The van der Waals surface area contributed by atoms with Gasteiger partial charge in [-0.3, -0.25) is 0 Å². The average Bonchev–Trinajstić information content (AvgIpc) is 3.17. The Bertz CT molecular complexity index is 627. The number of ketones is 1. The lowest BCUT2D eigenvalue weighted by Gasteiger charge is -2.08. The van der Waals surface area contributed by atoms with Crippen molar-refractivity contribution >= 4 is 5.78 Å². The third-order valence-electron chi connectivity index (χ3n) is 3.50. The Labute approximate surface area is 117 Å². The van der Waals surface area contributed by atoms with Gasteiger partial charge in [-0.05, 0) is 44.0 Å². The molecule has 0 amide bonds. The second-order valence-corrected chi connectivity index (χ2v) is 5.29. The number of hydrogen-bond donors (Lipinski definition) is 1. The maximum atomic E-state index is 11.1. The number of aryl methyl sites for hydroxylation is 1. The highest BCUT2D eigenvalue weighted by atomic mass is 16.3. The molecule has 1 N–H and O–H groups in total. The van der Waals surface area contributed by atoms with Crippen LogP contribution in [0.25, 0.3) is 11.4 Å². The quantitative estimate of drug-likeness (QED) is 0.907. The van der Waals surface area contributed by atoms with E-state index in [1.807, 2.05) is 12.1 Å². The fourth-order valence-electron chi connectivity index (χ4n) is 2.31. The van der Waals surface area contributed by atoms with E-state index < -0.39 is 0 Å². The SMILES string of the molecule is CC(=O)CCc1nnc(-c2ccc(O)cc2)n1C1CC1. The monoisotopic (exact) mass is 271 g/mol. The first-order valence-corrected chi connectivity index (χ1v) is 6.88. The van der Waals surface area contributed by atoms with E-state index in [1.54, 1.807) is 19.1 Å². The van der Waals surface area contributed by atoms with Gasteiger partial charge in [0.05, 0.1) is 0 Å². The Balaban J connectivity index is 1.94. The van der Waals surface area contributed by atoms with Crippen LogP contribution in [0, 0.1) is 0 Å². The molecule has 1 aromatic heterocycles. The van der Waals surface area contributed by atoms with Crippen LogP contribution < -0.4 is 0 Å². The summed E-state index contributed by atoms with van der Waals surface area (Å²) in [4.78, 5) is 11.1. The van der Waals surface area contributed by atoms with Crippen LogP contribution in [-0.4, -0.2) is 25.7 Å². The molecule has 5 heteroatoms. The maximum Gasteiger partial charge on any atom is 0.164 e. The van der Waals surface area contributed by atoms with Gasteiger partial charge in [-0.1, -0.05) is 0 Å². The Hall–Kier alpha value is -2.17. The average molecular weight is 271 g/mol. The van der Waals surface area contributed by atoms with Crippen molar-refractivity contribution in [3.8, 4) is 17.1 Å². The summed E-state index contributed by atoms with van der Waals surface area (Å²) in [5, 5.41) is 17.9. The van der Waals surface area contributed by atoms with Gasteiger partial charge in [0.15, 0.2) is 5.82 Å². The summed E-state index contributed by atoms with van der Waals surface area (Å²) in [6, 6.07) is 7.43. The van der Waals surface area contributed by atoms with Crippen LogP contribution in [0.5, 0.6) is 5.75 Å². The first-order valence-electron chi connectivity index (χ1n) is 6.88. The summed E-state index contributed by atoms with van der Waals surface area (Å²) in [7, 11) is 0. The van der Waals surface area contributed by atoms with E-state index >= 15 is 0 Å². The van der Waals surface area contributed by atoms with Crippen molar-refractivity contribution in [2.75, 3.05) is 0 Å². The lowest BCUT2D eigenvalue weighted by Crippen LogP contribution is -2.05. The van der Waals surface area contributed by atoms with Crippen molar-refractivity contribution in [1.82, 2.24) is 14.8 Å². The highest BCUT2D eigenvalue weighted by Gasteiger charge is 2.29. The molecule has 1 heterocycles. The molecule has 0 saturated heterocycles. The van der Waals surface area contributed by atoms with Crippen molar-refractivity contribution in [2.24, 2.45) is 0 Å². The molecule has 1 fully saturated rings. The van der Waals surface area contributed by atoms with E-state index in [0.29, 0.717) is 18.9 Å². The van der Waals surface area contributed by atoms with Gasteiger partial charge in [0.1, 0.15) is 17.4 Å². The molecule has 0 spiro atoms. The lowest BCUT2D eigenvalue weighted by atomic mass is 10.2. The summed E-state index contributed by atoms with van der Waals surface area (Å²) in [5.41, 5.74) is 0.941. The number of aromatic nitrogens is 3. The number of carbonyl (C=O) groups is 1. The van der Waals surface area contributed by atoms with Gasteiger partial charge in [0.2, 0.25) is 0 Å². The molecular formula is C15H17N3O2. The van der Waals surface area contributed by atoms with Gasteiger partial charge in [0.25, 0.3) is 0 Å². The van der Waals surface area contributed by atoms with Gasteiger partial charge in [-0.25, -0.2) is 0 Å². The largest absolute Gasteiger partial charge is 0.508 e.